The molecule has 0 spiro atoms. The molecule has 1 aromatic heterocycles. The summed E-state index contributed by atoms with van der Waals surface area (Å²) in [6.07, 6.45) is 0. The van der Waals surface area contributed by atoms with Crippen molar-refractivity contribution in [3.05, 3.63) is 52.2 Å². The fourth-order valence-electron chi connectivity index (χ4n) is 1.92. The van der Waals surface area contributed by atoms with Crippen molar-refractivity contribution >= 4 is 17.0 Å². The van der Waals surface area contributed by atoms with Crippen molar-refractivity contribution in [2.45, 2.75) is 39.2 Å². The summed E-state index contributed by atoms with van der Waals surface area (Å²) < 4.78 is 0. The number of rotatable bonds is 3. The van der Waals surface area contributed by atoms with Crippen molar-refractivity contribution in [1.82, 2.24) is 0 Å². The van der Waals surface area contributed by atoms with Gasteiger partial charge in [-0.05, 0) is 52.4 Å². The van der Waals surface area contributed by atoms with E-state index < -0.39 is 0 Å². The number of thiophene rings is 1. The topological polar surface area (TPSA) is 12.0 Å². The normalized spacial score (nSPS) is 13.3. The van der Waals surface area contributed by atoms with Crippen molar-refractivity contribution in [3.8, 4) is 0 Å². The molecule has 2 rings (SSSR count). The molecule has 0 amide bonds. The third-order valence-electron chi connectivity index (χ3n) is 3.18. The highest BCUT2D eigenvalue weighted by Crippen LogP contribution is 2.25. The van der Waals surface area contributed by atoms with Crippen molar-refractivity contribution in [2.75, 3.05) is 5.32 Å². The molecule has 1 nitrogen and oxygen atoms in total. The van der Waals surface area contributed by atoms with Crippen LogP contribution in [0.25, 0.3) is 0 Å². The molecule has 1 aromatic carbocycles. The molecule has 0 radical (unpaired) electrons. The minimum absolute atomic E-state index is 0.220. The Hall–Kier alpha value is -1.28. The first-order valence-electron chi connectivity index (χ1n) is 6.36. The summed E-state index contributed by atoms with van der Waals surface area (Å²) in [4.78, 5) is 0. The Balaban J connectivity index is 2.07. The van der Waals surface area contributed by atoms with E-state index in [2.05, 4.69) is 74.1 Å². The van der Waals surface area contributed by atoms with E-state index in [1.54, 1.807) is 11.3 Å². The lowest BCUT2D eigenvalue weighted by Gasteiger charge is -2.20. The zero-order valence-corrected chi connectivity index (χ0v) is 12.3. The van der Waals surface area contributed by atoms with Gasteiger partial charge < -0.3 is 5.32 Å². The molecular formula is C16H21NS. The van der Waals surface area contributed by atoms with Crippen LogP contribution in [-0.2, 0) is 5.41 Å². The molecule has 18 heavy (non-hydrogen) atoms. The van der Waals surface area contributed by atoms with Crippen LogP contribution in [0, 0.1) is 0 Å². The Kier molecular flexibility index (Phi) is 3.76. The zero-order chi connectivity index (χ0) is 13.2. The van der Waals surface area contributed by atoms with Crippen molar-refractivity contribution in [2.24, 2.45) is 0 Å². The predicted molar refractivity (Wildman–Crippen MR) is 81.5 cm³/mol. The minimum Gasteiger partial charge on any atom is -0.378 e. The third kappa shape index (κ3) is 3.14. The van der Waals surface area contributed by atoms with Crippen LogP contribution in [0.15, 0.2) is 41.1 Å². The van der Waals surface area contributed by atoms with Crippen LogP contribution in [0.1, 0.15) is 44.9 Å². The lowest BCUT2D eigenvalue weighted by molar-refractivity contribution is 0.590. The largest absolute Gasteiger partial charge is 0.378 e. The maximum absolute atomic E-state index is 3.53. The van der Waals surface area contributed by atoms with Crippen molar-refractivity contribution in [1.29, 1.82) is 0 Å². The quantitative estimate of drug-likeness (QED) is 0.797. The first kappa shape index (κ1) is 13.2. The van der Waals surface area contributed by atoms with Crippen LogP contribution < -0.4 is 5.32 Å². The molecule has 1 unspecified atom stereocenters. The maximum atomic E-state index is 3.53. The highest BCUT2D eigenvalue weighted by atomic mass is 32.1. The molecule has 1 heterocycles. The van der Waals surface area contributed by atoms with Gasteiger partial charge in [-0.3, -0.25) is 0 Å². The Bertz CT molecular complexity index is 477. The van der Waals surface area contributed by atoms with Crippen LogP contribution in [0.4, 0.5) is 5.69 Å². The van der Waals surface area contributed by atoms with Gasteiger partial charge in [-0.2, -0.15) is 11.3 Å². The average molecular weight is 259 g/mol. The summed E-state index contributed by atoms with van der Waals surface area (Å²) in [5.41, 5.74) is 4.12. The van der Waals surface area contributed by atoms with E-state index in [-0.39, 0.29) is 5.41 Å². The second kappa shape index (κ2) is 5.15. The Morgan fingerprint density at radius 1 is 1.06 bits per heavy atom. The SMILES string of the molecule is CC(Nc1ccc(C(C)(C)C)cc1)c1ccsc1. The zero-order valence-electron chi connectivity index (χ0n) is 11.5. The van der Waals surface area contributed by atoms with E-state index in [9.17, 15) is 0 Å². The van der Waals surface area contributed by atoms with Crippen LogP contribution in [-0.4, -0.2) is 0 Å². The standard InChI is InChI=1S/C16H21NS/c1-12(13-9-10-18-11-13)17-15-7-5-14(6-8-15)16(2,3)4/h5-12,17H,1-4H3. The molecule has 1 atom stereocenters. The van der Waals surface area contributed by atoms with Gasteiger partial charge in [0.1, 0.15) is 0 Å². The summed E-state index contributed by atoms with van der Waals surface area (Å²) in [5.74, 6) is 0. The first-order valence-corrected chi connectivity index (χ1v) is 7.30. The van der Waals surface area contributed by atoms with Gasteiger partial charge in [-0.1, -0.05) is 32.9 Å². The molecule has 0 saturated carbocycles. The molecule has 0 fully saturated rings. The lowest BCUT2D eigenvalue weighted by atomic mass is 9.87. The van der Waals surface area contributed by atoms with E-state index in [0.29, 0.717) is 6.04 Å². The van der Waals surface area contributed by atoms with Gasteiger partial charge in [0.2, 0.25) is 0 Å². The van der Waals surface area contributed by atoms with Gasteiger partial charge in [0.15, 0.2) is 0 Å². The van der Waals surface area contributed by atoms with Gasteiger partial charge in [0.25, 0.3) is 0 Å². The van der Waals surface area contributed by atoms with Gasteiger partial charge >= 0.3 is 0 Å². The summed E-state index contributed by atoms with van der Waals surface area (Å²) in [5, 5.41) is 7.85. The highest BCUT2D eigenvalue weighted by Gasteiger charge is 2.13. The third-order valence-corrected chi connectivity index (χ3v) is 3.88. The summed E-state index contributed by atoms with van der Waals surface area (Å²) in [7, 11) is 0. The van der Waals surface area contributed by atoms with Crippen molar-refractivity contribution < 1.29 is 0 Å². The highest BCUT2D eigenvalue weighted by molar-refractivity contribution is 7.07. The molecule has 1 N–H and O–H groups in total. The molecule has 0 bridgehead atoms. The van der Waals surface area contributed by atoms with Crippen LogP contribution >= 0.6 is 11.3 Å². The minimum atomic E-state index is 0.220. The molecule has 96 valence electrons. The van der Waals surface area contributed by atoms with Gasteiger partial charge in [0.05, 0.1) is 0 Å². The molecule has 0 aliphatic rings. The lowest BCUT2D eigenvalue weighted by Crippen LogP contribution is -2.11. The second-order valence-corrected chi connectivity index (χ2v) is 6.53. The van der Waals surface area contributed by atoms with E-state index in [1.807, 2.05) is 0 Å². The summed E-state index contributed by atoms with van der Waals surface area (Å²) in [6.45, 7) is 8.91. The smallest absolute Gasteiger partial charge is 0.0493 e. The first-order chi connectivity index (χ1) is 8.47. The number of anilines is 1. The number of benzene rings is 1. The summed E-state index contributed by atoms with van der Waals surface area (Å²) in [6, 6.07) is 11.3. The van der Waals surface area contributed by atoms with Gasteiger partial charge in [0, 0.05) is 11.7 Å². The average Bonchev–Trinajstić information content (AvgIpc) is 2.82. The van der Waals surface area contributed by atoms with Crippen LogP contribution in [0.2, 0.25) is 0 Å². The fourth-order valence-corrected chi connectivity index (χ4v) is 2.68. The van der Waals surface area contributed by atoms with Gasteiger partial charge in [-0.15, -0.1) is 0 Å². The molecule has 0 aliphatic carbocycles. The maximum Gasteiger partial charge on any atom is 0.0493 e. The fraction of sp³-hybridized carbons (Fsp3) is 0.375. The van der Waals surface area contributed by atoms with Crippen LogP contribution in [0.3, 0.4) is 0 Å². The molecule has 0 aliphatic heterocycles. The Labute approximate surface area is 114 Å². The monoisotopic (exact) mass is 259 g/mol. The van der Waals surface area contributed by atoms with E-state index in [4.69, 9.17) is 0 Å². The predicted octanol–water partition coefficient (Wildman–Crippen LogP) is 5.22. The number of hydrogen-bond acceptors (Lipinski definition) is 2. The number of hydrogen-bond donors (Lipinski definition) is 1. The van der Waals surface area contributed by atoms with E-state index in [1.165, 1.54) is 16.8 Å². The van der Waals surface area contributed by atoms with E-state index >= 15 is 0 Å². The summed E-state index contributed by atoms with van der Waals surface area (Å²) >= 11 is 1.74. The Morgan fingerprint density at radius 3 is 2.22 bits per heavy atom. The molecule has 0 saturated heterocycles. The molecule has 2 aromatic rings. The van der Waals surface area contributed by atoms with Crippen LogP contribution in [0.5, 0.6) is 0 Å². The number of nitrogens with one attached hydrogen (secondary N) is 1. The molecule has 2 heteroatoms. The second-order valence-electron chi connectivity index (χ2n) is 5.75. The van der Waals surface area contributed by atoms with E-state index in [0.717, 1.165) is 0 Å². The molecular weight excluding hydrogens is 238 g/mol. The Morgan fingerprint density at radius 2 is 1.72 bits per heavy atom. The van der Waals surface area contributed by atoms with Gasteiger partial charge in [-0.25, -0.2) is 0 Å². The van der Waals surface area contributed by atoms with Crippen molar-refractivity contribution in [3.63, 3.8) is 0 Å².